The first-order valence-corrected chi connectivity index (χ1v) is 7.33. The summed E-state index contributed by atoms with van der Waals surface area (Å²) in [6.07, 6.45) is 0. The predicted molar refractivity (Wildman–Crippen MR) is 84.1 cm³/mol. The molecule has 0 aliphatic carbocycles. The van der Waals surface area contributed by atoms with Gasteiger partial charge in [0, 0.05) is 12.6 Å². The van der Waals surface area contributed by atoms with E-state index in [1.54, 1.807) is 11.3 Å². The van der Waals surface area contributed by atoms with Crippen molar-refractivity contribution in [2.45, 2.75) is 6.92 Å². The maximum absolute atomic E-state index is 4.70. The van der Waals surface area contributed by atoms with Crippen LogP contribution in [0.2, 0.25) is 0 Å². The van der Waals surface area contributed by atoms with Gasteiger partial charge in [-0.3, -0.25) is 0 Å². The molecule has 0 amide bonds. The summed E-state index contributed by atoms with van der Waals surface area (Å²) in [5.41, 5.74) is 4.38. The lowest BCUT2D eigenvalue weighted by molar-refractivity contribution is 0.886. The van der Waals surface area contributed by atoms with Crippen molar-refractivity contribution < 1.29 is 0 Å². The van der Waals surface area contributed by atoms with Gasteiger partial charge in [-0.05, 0) is 37.3 Å². The van der Waals surface area contributed by atoms with E-state index in [0.717, 1.165) is 32.9 Å². The van der Waals surface area contributed by atoms with Crippen molar-refractivity contribution in [1.29, 1.82) is 0 Å². The van der Waals surface area contributed by atoms with Gasteiger partial charge in [0.1, 0.15) is 10.8 Å². The lowest BCUT2D eigenvalue weighted by Gasteiger charge is -1.98. The molecule has 98 valence electrons. The van der Waals surface area contributed by atoms with Gasteiger partial charge in [-0.15, -0.1) is 11.3 Å². The molecule has 20 heavy (non-hydrogen) atoms. The maximum atomic E-state index is 4.70. The zero-order valence-corrected chi connectivity index (χ0v) is 12.1. The van der Waals surface area contributed by atoms with Gasteiger partial charge >= 0.3 is 0 Å². The molecule has 4 rings (SSSR count). The summed E-state index contributed by atoms with van der Waals surface area (Å²) in [4.78, 5) is 9.30. The maximum Gasteiger partial charge on any atom is 0.124 e. The average molecular weight is 279 g/mol. The highest BCUT2D eigenvalue weighted by Gasteiger charge is 2.09. The number of aromatic nitrogens is 3. The van der Waals surface area contributed by atoms with Gasteiger partial charge in [0.15, 0.2) is 0 Å². The number of thiazole rings is 1. The SMILES string of the molecule is Cc1nc2cc(-c3nc4ccccc4s3)ccc2n1C. The van der Waals surface area contributed by atoms with Crippen LogP contribution < -0.4 is 0 Å². The fourth-order valence-corrected chi connectivity index (χ4v) is 3.41. The van der Waals surface area contributed by atoms with Gasteiger partial charge in [0.25, 0.3) is 0 Å². The third kappa shape index (κ3) is 1.65. The van der Waals surface area contributed by atoms with E-state index in [-0.39, 0.29) is 0 Å². The van der Waals surface area contributed by atoms with Crippen LogP contribution in [0.5, 0.6) is 0 Å². The zero-order chi connectivity index (χ0) is 13.7. The Morgan fingerprint density at radius 1 is 1.00 bits per heavy atom. The van der Waals surface area contributed by atoms with Crippen LogP contribution in [0.15, 0.2) is 42.5 Å². The Morgan fingerprint density at radius 3 is 2.70 bits per heavy atom. The first kappa shape index (κ1) is 11.6. The molecule has 2 aromatic carbocycles. The standard InChI is InChI=1S/C16H13N3S/c1-10-17-13-9-11(7-8-14(13)19(10)2)16-18-12-5-3-4-6-15(12)20-16/h3-9H,1-2H3. The van der Waals surface area contributed by atoms with Crippen molar-refractivity contribution in [3.8, 4) is 10.6 Å². The summed E-state index contributed by atoms with van der Waals surface area (Å²) in [5, 5.41) is 1.05. The molecule has 0 aliphatic heterocycles. The van der Waals surface area contributed by atoms with Gasteiger partial charge in [-0.2, -0.15) is 0 Å². The highest BCUT2D eigenvalue weighted by molar-refractivity contribution is 7.21. The minimum atomic E-state index is 1.03. The van der Waals surface area contributed by atoms with E-state index >= 15 is 0 Å². The second-order valence-electron chi connectivity index (χ2n) is 4.91. The minimum Gasteiger partial charge on any atom is -0.331 e. The van der Waals surface area contributed by atoms with Gasteiger partial charge in [-0.1, -0.05) is 12.1 Å². The van der Waals surface area contributed by atoms with Crippen LogP contribution >= 0.6 is 11.3 Å². The average Bonchev–Trinajstić information content (AvgIpc) is 3.01. The molecule has 0 bridgehead atoms. The number of imidazole rings is 1. The molecular formula is C16H13N3S. The van der Waals surface area contributed by atoms with Crippen LogP contribution in [0.25, 0.3) is 31.8 Å². The van der Waals surface area contributed by atoms with Gasteiger partial charge < -0.3 is 4.57 Å². The topological polar surface area (TPSA) is 30.7 Å². The number of nitrogens with zero attached hydrogens (tertiary/aromatic N) is 3. The van der Waals surface area contributed by atoms with Crippen LogP contribution in [0.1, 0.15) is 5.82 Å². The van der Waals surface area contributed by atoms with Crippen LogP contribution in [0, 0.1) is 6.92 Å². The Labute approximate surface area is 120 Å². The first-order valence-electron chi connectivity index (χ1n) is 6.51. The molecule has 0 radical (unpaired) electrons. The Hall–Kier alpha value is -2.20. The van der Waals surface area contributed by atoms with Crippen LogP contribution in [0.3, 0.4) is 0 Å². The number of aryl methyl sites for hydroxylation is 2. The van der Waals surface area contributed by atoms with Crippen LogP contribution in [-0.4, -0.2) is 14.5 Å². The molecule has 0 fully saturated rings. The fourth-order valence-electron chi connectivity index (χ4n) is 2.45. The van der Waals surface area contributed by atoms with Crippen molar-refractivity contribution >= 4 is 32.6 Å². The number of fused-ring (bicyclic) bond motifs is 2. The molecule has 4 heteroatoms. The van der Waals surface area contributed by atoms with Crippen LogP contribution in [-0.2, 0) is 7.05 Å². The van der Waals surface area contributed by atoms with E-state index < -0.39 is 0 Å². The Kier molecular flexibility index (Phi) is 2.41. The van der Waals surface area contributed by atoms with Gasteiger partial charge in [0.05, 0.1) is 21.3 Å². The Balaban J connectivity index is 1.92. The van der Waals surface area contributed by atoms with E-state index in [9.17, 15) is 0 Å². The summed E-state index contributed by atoms with van der Waals surface area (Å²) >= 11 is 1.72. The highest BCUT2D eigenvalue weighted by Crippen LogP contribution is 2.31. The van der Waals surface area contributed by atoms with Crippen molar-refractivity contribution in [2.75, 3.05) is 0 Å². The molecule has 0 spiro atoms. The number of rotatable bonds is 1. The summed E-state index contributed by atoms with van der Waals surface area (Å²) in [5.74, 6) is 1.03. The molecule has 0 unspecified atom stereocenters. The third-order valence-corrected chi connectivity index (χ3v) is 4.73. The monoisotopic (exact) mass is 279 g/mol. The molecule has 0 atom stereocenters. The second-order valence-corrected chi connectivity index (χ2v) is 5.94. The summed E-state index contributed by atoms with van der Waals surface area (Å²) in [6, 6.07) is 14.6. The van der Waals surface area contributed by atoms with Crippen LogP contribution in [0.4, 0.5) is 0 Å². The molecule has 0 N–H and O–H groups in total. The number of hydrogen-bond acceptors (Lipinski definition) is 3. The number of hydrogen-bond donors (Lipinski definition) is 0. The Morgan fingerprint density at radius 2 is 1.85 bits per heavy atom. The quantitative estimate of drug-likeness (QED) is 0.524. The molecular weight excluding hydrogens is 266 g/mol. The third-order valence-electron chi connectivity index (χ3n) is 3.65. The largest absolute Gasteiger partial charge is 0.331 e. The highest BCUT2D eigenvalue weighted by atomic mass is 32.1. The van der Waals surface area contributed by atoms with E-state index in [2.05, 4.69) is 45.9 Å². The summed E-state index contributed by atoms with van der Waals surface area (Å²) < 4.78 is 3.33. The second kappa shape index (κ2) is 4.15. The van der Waals surface area contributed by atoms with Gasteiger partial charge in [-0.25, -0.2) is 9.97 Å². The summed E-state index contributed by atoms with van der Waals surface area (Å²) in [7, 11) is 2.04. The lowest BCUT2D eigenvalue weighted by atomic mass is 10.2. The number of benzene rings is 2. The predicted octanol–water partition coefficient (Wildman–Crippen LogP) is 4.16. The normalized spacial score (nSPS) is 11.5. The van der Waals surface area contributed by atoms with E-state index in [1.807, 2.05) is 20.0 Å². The van der Waals surface area contributed by atoms with E-state index in [4.69, 9.17) is 4.98 Å². The van der Waals surface area contributed by atoms with Crippen molar-refractivity contribution in [2.24, 2.45) is 7.05 Å². The van der Waals surface area contributed by atoms with E-state index in [0.29, 0.717) is 0 Å². The van der Waals surface area contributed by atoms with Gasteiger partial charge in [0.2, 0.25) is 0 Å². The summed E-state index contributed by atoms with van der Waals surface area (Å²) in [6.45, 7) is 2.03. The van der Waals surface area contributed by atoms with Crippen molar-refractivity contribution in [3.63, 3.8) is 0 Å². The molecule has 3 nitrogen and oxygen atoms in total. The van der Waals surface area contributed by atoms with Crippen molar-refractivity contribution in [1.82, 2.24) is 14.5 Å². The molecule has 0 aliphatic rings. The van der Waals surface area contributed by atoms with Crippen molar-refractivity contribution in [3.05, 3.63) is 48.3 Å². The molecule has 2 heterocycles. The fraction of sp³-hybridized carbons (Fsp3) is 0.125. The first-order chi connectivity index (χ1) is 9.72. The molecule has 0 saturated heterocycles. The molecule has 4 aromatic rings. The lowest BCUT2D eigenvalue weighted by Crippen LogP contribution is -1.89. The zero-order valence-electron chi connectivity index (χ0n) is 11.3. The Bertz CT molecular complexity index is 900. The van der Waals surface area contributed by atoms with E-state index in [1.165, 1.54) is 4.70 Å². The molecule has 0 saturated carbocycles. The number of para-hydroxylation sites is 1. The molecule has 2 aromatic heterocycles. The smallest absolute Gasteiger partial charge is 0.124 e. The minimum absolute atomic E-state index is 1.03.